The smallest absolute Gasteiger partial charge is 0.406 e. The Kier molecular flexibility index (Phi) is 9.07. The van der Waals surface area contributed by atoms with Gasteiger partial charge in [-0.3, -0.25) is 4.79 Å². The fraction of sp³-hybridized carbons (Fsp3) is 0.682. The first-order valence-corrected chi connectivity index (χ1v) is 11.2. The summed E-state index contributed by atoms with van der Waals surface area (Å²) in [6.07, 6.45) is 2.33. The molecule has 2 amide bonds. The maximum atomic E-state index is 13.3. The number of carbonyl (C=O) groups excluding carboxylic acids is 2. The van der Waals surface area contributed by atoms with Crippen molar-refractivity contribution in [1.82, 2.24) is 20.5 Å². The topological polar surface area (TPSA) is 122 Å². The van der Waals surface area contributed by atoms with E-state index in [0.29, 0.717) is 38.4 Å². The second-order valence-electron chi connectivity index (χ2n) is 8.04. The first-order chi connectivity index (χ1) is 15.5. The molecule has 1 aromatic rings. The standard InChI is InChI=1S/C22H34N4O6/c1-15(26(18-5-6-18)21(28)19-14-23-8-10-31-19)16-12-17(4-3-7-24-22(29)30-2)25-20(13-16)32-11-9-27/h12-13,15,18-19,23,27H,3-11,14H2,1-2H3,(H,24,29). The highest BCUT2D eigenvalue weighted by atomic mass is 16.5. The third-order valence-electron chi connectivity index (χ3n) is 5.58. The number of nitrogens with one attached hydrogen (secondary N) is 2. The monoisotopic (exact) mass is 450 g/mol. The Morgan fingerprint density at radius 2 is 2.22 bits per heavy atom. The van der Waals surface area contributed by atoms with Gasteiger partial charge >= 0.3 is 6.09 Å². The van der Waals surface area contributed by atoms with Crippen LogP contribution in [0, 0.1) is 0 Å². The number of hydrogen-bond donors (Lipinski definition) is 3. The molecule has 1 aliphatic carbocycles. The lowest BCUT2D eigenvalue weighted by Gasteiger charge is -2.34. The summed E-state index contributed by atoms with van der Waals surface area (Å²) in [4.78, 5) is 31.0. The van der Waals surface area contributed by atoms with Crippen LogP contribution in [0.5, 0.6) is 5.88 Å². The van der Waals surface area contributed by atoms with Crippen molar-refractivity contribution in [2.45, 2.75) is 50.8 Å². The van der Waals surface area contributed by atoms with Gasteiger partial charge in [0.15, 0.2) is 0 Å². The number of amides is 2. The minimum atomic E-state index is -0.470. The van der Waals surface area contributed by atoms with Gasteiger partial charge in [0.1, 0.15) is 12.7 Å². The minimum Gasteiger partial charge on any atom is -0.475 e. The average molecular weight is 451 g/mol. The zero-order valence-electron chi connectivity index (χ0n) is 18.8. The highest BCUT2D eigenvalue weighted by molar-refractivity contribution is 5.82. The molecule has 2 aliphatic rings. The lowest BCUT2D eigenvalue weighted by atomic mass is 10.0. The lowest BCUT2D eigenvalue weighted by molar-refractivity contribution is -0.148. The molecule has 3 N–H and O–H groups in total. The van der Waals surface area contributed by atoms with E-state index in [1.165, 1.54) is 7.11 Å². The number of aliphatic hydroxyl groups is 1. The zero-order valence-corrected chi connectivity index (χ0v) is 18.8. The number of hydrogen-bond acceptors (Lipinski definition) is 8. The number of pyridine rings is 1. The van der Waals surface area contributed by atoms with Crippen LogP contribution in [0.3, 0.4) is 0 Å². The van der Waals surface area contributed by atoms with E-state index < -0.39 is 12.2 Å². The summed E-state index contributed by atoms with van der Waals surface area (Å²) in [5.74, 6) is 0.420. The molecule has 2 fully saturated rings. The van der Waals surface area contributed by atoms with Gasteiger partial charge in [-0.25, -0.2) is 9.78 Å². The number of aromatic nitrogens is 1. The molecule has 1 aliphatic heterocycles. The summed E-state index contributed by atoms with van der Waals surface area (Å²) in [5, 5.41) is 15.0. The Hall–Kier alpha value is -2.43. The van der Waals surface area contributed by atoms with Gasteiger partial charge < -0.3 is 34.9 Å². The molecule has 32 heavy (non-hydrogen) atoms. The van der Waals surface area contributed by atoms with Crippen LogP contribution in [0.4, 0.5) is 4.79 Å². The Bertz CT molecular complexity index is 767. The third-order valence-corrected chi connectivity index (χ3v) is 5.58. The molecule has 178 valence electrons. The SMILES string of the molecule is COC(=O)NCCCc1cc(C(C)N(C(=O)C2CNCCO2)C2CC2)cc(OCCO)n1. The van der Waals surface area contributed by atoms with Crippen LogP contribution in [-0.2, 0) is 20.7 Å². The van der Waals surface area contributed by atoms with Crippen molar-refractivity contribution in [1.29, 1.82) is 0 Å². The van der Waals surface area contributed by atoms with Crippen LogP contribution >= 0.6 is 0 Å². The molecule has 0 aromatic carbocycles. The predicted octanol–water partition coefficient (Wildman–Crippen LogP) is 0.782. The van der Waals surface area contributed by atoms with Crippen LogP contribution in [0.25, 0.3) is 0 Å². The summed E-state index contributed by atoms with van der Waals surface area (Å²) in [7, 11) is 1.33. The number of rotatable bonds is 11. The molecule has 0 spiro atoms. The van der Waals surface area contributed by atoms with Crippen molar-refractivity contribution < 1.29 is 28.9 Å². The van der Waals surface area contributed by atoms with Gasteiger partial charge in [0, 0.05) is 37.4 Å². The highest BCUT2D eigenvalue weighted by Gasteiger charge is 2.40. The molecule has 2 heterocycles. The Morgan fingerprint density at radius 3 is 2.88 bits per heavy atom. The maximum absolute atomic E-state index is 13.3. The summed E-state index contributed by atoms with van der Waals surface area (Å²) >= 11 is 0. The van der Waals surface area contributed by atoms with E-state index in [1.54, 1.807) is 0 Å². The number of aliphatic hydroxyl groups excluding tert-OH is 1. The van der Waals surface area contributed by atoms with Crippen molar-refractivity contribution in [2.24, 2.45) is 0 Å². The number of ether oxygens (including phenoxy) is 3. The zero-order chi connectivity index (χ0) is 22.9. The minimum absolute atomic E-state index is 0.00525. The Balaban J connectivity index is 1.75. The molecule has 3 rings (SSSR count). The van der Waals surface area contributed by atoms with Gasteiger partial charge in [-0.1, -0.05) is 0 Å². The van der Waals surface area contributed by atoms with Gasteiger partial charge in [0.05, 0.1) is 26.4 Å². The Morgan fingerprint density at radius 1 is 1.41 bits per heavy atom. The number of methoxy groups -OCH3 is 1. The van der Waals surface area contributed by atoms with Crippen molar-refractivity contribution in [3.05, 3.63) is 23.4 Å². The van der Waals surface area contributed by atoms with E-state index in [1.807, 2.05) is 24.0 Å². The van der Waals surface area contributed by atoms with Gasteiger partial charge in [0.2, 0.25) is 5.88 Å². The first-order valence-electron chi connectivity index (χ1n) is 11.2. The largest absolute Gasteiger partial charge is 0.475 e. The highest BCUT2D eigenvalue weighted by Crippen LogP contribution is 2.36. The fourth-order valence-electron chi connectivity index (χ4n) is 3.80. The number of alkyl carbamates (subject to hydrolysis) is 1. The fourth-order valence-corrected chi connectivity index (χ4v) is 3.80. The van der Waals surface area contributed by atoms with Gasteiger partial charge in [-0.15, -0.1) is 0 Å². The average Bonchev–Trinajstić information content (AvgIpc) is 3.65. The molecule has 1 aromatic heterocycles. The van der Waals surface area contributed by atoms with Crippen molar-refractivity contribution in [2.75, 3.05) is 46.6 Å². The van der Waals surface area contributed by atoms with E-state index in [0.717, 1.165) is 30.6 Å². The molecule has 1 saturated heterocycles. The van der Waals surface area contributed by atoms with E-state index in [9.17, 15) is 9.59 Å². The van der Waals surface area contributed by atoms with Crippen LogP contribution < -0.4 is 15.4 Å². The molecule has 0 radical (unpaired) electrons. The van der Waals surface area contributed by atoms with Crippen LogP contribution in [0.2, 0.25) is 0 Å². The number of aryl methyl sites for hydroxylation is 1. The summed E-state index contributed by atoms with van der Waals surface area (Å²) < 4.78 is 15.9. The second kappa shape index (κ2) is 12.0. The molecular weight excluding hydrogens is 416 g/mol. The van der Waals surface area contributed by atoms with Gasteiger partial charge in [-0.2, -0.15) is 0 Å². The summed E-state index contributed by atoms with van der Waals surface area (Å²) in [6.45, 7) is 4.31. The van der Waals surface area contributed by atoms with Gasteiger partial charge in [0.25, 0.3) is 5.91 Å². The predicted molar refractivity (Wildman–Crippen MR) is 116 cm³/mol. The maximum Gasteiger partial charge on any atom is 0.406 e. The van der Waals surface area contributed by atoms with E-state index in [4.69, 9.17) is 14.6 Å². The van der Waals surface area contributed by atoms with Crippen LogP contribution in [-0.4, -0.2) is 85.7 Å². The molecular formula is C22H34N4O6. The van der Waals surface area contributed by atoms with Crippen LogP contribution in [0.15, 0.2) is 12.1 Å². The second-order valence-corrected chi connectivity index (χ2v) is 8.04. The van der Waals surface area contributed by atoms with E-state index >= 15 is 0 Å². The van der Waals surface area contributed by atoms with Crippen LogP contribution in [0.1, 0.15) is 43.5 Å². The third kappa shape index (κ3) is 6.78. The van der Waals surface area contributed by atoms with Crippen molar-refractivity contribution in [3.63, 3.8) is 0 Å². The quantitative estimate of drug-likeness (QED) is 0.423. The summed E-state index contributed by atoms with van der Waals surface area (Å²) in [6, 6.07) is 3.86. The van der Waals surface area contributed by atoms with Gasteiger partial charge in [-0.05, 0) is 44.2 Å². The molecule has 10 nitrogen and oxygen atoms in total. The van der Waals surface area contributed by atoms with Crippen molar-refractivity contribution in [3.8, 4) is 5.88 Å². The number of nitrogens with zero attached hydrogens (tertiary/aromatic N) is 2. The molecule has 2 atom stereocenters. The summed E-state index contributed by atoms with van der Waals surface area (Å²) in [5.41, 5.74) is 1.72. The normalized spacial score (nSPS) is 19.2. The molecule has 10 heteroatoms. The molecule has 1 saturated carbocycles. The Labute approximate surface area is 188 Å². The first kappa shape index (κ1) is 24.2. The van der Waals surface area contributed by atoms with Crippen molar-refractivity contribution >= 4 is 12.0 Å². The number of morpholine rings is 1. The molecule has 0 bridgehead atoms. The number of carbonyl (C=O) groups is 2. The molecule has 2 unspecified atom stereocenters. The van der Waals surface area contributed by atoms with E-state index in [2.05, 4.69) is 20.4 Å². The van der Waals surface area contributed by atoms with E-state index in [-0.39, 0.29) is 31.2 Å². The lowest BCUT2D eigenvalue weighted by Crippen LogP contribution is -2.50.